The molecule has 3 rings (SSSR count). The molecule has 1 aromatic heterocycles. The molecule has 8 nitrogen and oxygen atoms in total. The predicted octanol–water partition coefficient (Wildman–Crippen LogP) is 3.39. The fourth-order valence-electron chi connectivity index (χ4n) is 2.85. The summed E-state index contributed by atoms with van der Waals surface area (Å²) in [4.78, 5) is 29.3. The third kappa shape index (κ3) is 5.09. The number of rotatable bonds is 4. The normalized spacial score (nSPS) is 15.8. The monoisotopic (exact) mass is 388 g/mol. The molecule has 1 fully saturated rings. The molecule has 1 atom stereocenters. The first-order chi connectivity index (χ1) is 13.4. The number of halogens is 1. The van der Waals surface area contributed by atoms with E-state index in [1.54, 1.807) is 12.1 Å². The molecule has 28 heavy (non-hydrogen) atoms. The van der Waals surface area contributed by atoms with Crippen LogP contribution >= 0.6 is 0 Å². The van der Waals surface area contributed by atoms with E-state index in [1.165, 1.54) is 36.4 Å². The topological polar surface area (TPSA) is 92.8 Å². The number of aryl methyl sites for hydroxylation is 1. The van der Waals surface area contributed by atoms with Crippen molar-refractivity contribution in [2.75, 3.05) is 30.8 Å². The van der Waals surface area contributed by atoms with Gasteiger partial charge in [0.2, 0.25) is 0 Å². The molecule has 9 heteroatoms. The Hall–Kier alpha value is -3.36. The van der Waals surface area contributed by atoms with Gasteiger partial charge in [-0.05, 0) is 25.1 Å². The number of urea groups is 1. The van der Waals surface area contributed by atoms with Crippen molar-refractivity contribution in [3.05, 3.63) is 48.0 Å². The summed E-state index contributed by atoms with van der Waals surface area (Å²) >= 11 is 0. The van der Waals surface area contributed by atoms with E-state index in [1.807, 2.05) is 6.92 Å². The summed E-state index contributed by atoms with van der Waals surface area (Å²) in [5.41, 5.74) is 1.59. The molecule has 0 bridgehead atoms. The fraction of sp³-hybridized carbons (Fsp3) is 0.316. The third-order valence-corrected chi connectivity index (χ3v) is 4.18. The number of ether oxygens (including phenoxy) is 2. The molecule has 1 unspecified atom stereocenters. The number of hydrogen-bond donors (Lipinski definition) is 2. The molecular formula is C19H21FN4O4. The summed E-state index contributed by atoms with van der Waals surface area (Å²) in [5.74, 6) is -0.281. The minimum Gasteiger partial charge on any atom is -0.488 e. The van der Waals surface area contributed by atoms with Gasteiger partial charge in [0.05, 0.1) is 25.5 Å². The minimum atomic E-state index is -0.548. The van der Waals surface area contributed by atoms with E-state index >= 15 is 0 Å². The lowest BCUT2D eigenvalue weighted by molar-refractivity contribution is 0.125. The standard InChI is InChI=1S/C19H21FN4O4/c1-12-3-4-14(10-21-12)22-18(25)23-15-7-13(20)8-17(9-15)28-16-5-6-24(11-16)19(26)27-2/h3-4,7-10,16H,5-6,11H2,1-2H3,(H2,22,23,25). The van der Waals surface area contributed by atoms with E-state index in [0.29, 0.717) is 25.2 Å². The molecule has 0 saturated carbocycles. The molecule has 2 aromatic rings. The van der Waals surface area contributed by atoms with Crippen LogP contribution in [0.4, 0.5) is 25.4 Å². The lowest BCUT2D eigenvalue weighted by Gasteiger charge is -2.16. The molecule has 1 aliphatic heterocycles. The smallest absolute Gasteiger partial charge is 0.409 e. The molecule has 0 radical (unpaired) electrons. The number of methoxy groups -OCH3 is 1. The molecule has 2 heterocycles. The van der Waals surface area contributed by atoms with E-state index in [-0.39, 0.29) is 17.5 Å². The van der Waals surface area contributed by atoms with Crippen LogP contribution in [0, 0.1) is 12.7 Å². The molecule has 0 aliphatic carbocycles. The highest BCUT2D eigenvalue weighted by molar-refractivity contribution is 5.99. The first-order valence-electron chi connectivity index (χ1n) is 8.74. The third-order valence-electron chi connectivity index (χ3n) is 4.18. The van der Waals surface area contributed by atoms with Gasteiger partial charge in [0, 0.05) is 36.5 Å². The average molecular weight is 388 g/mol. The van der Waals surface area contributed by atoms with Crippen LogP contribution in [0.3, 0.4) is 0 Å². The number of anilines is 2. The Balaban J connectivity index is 1.60. The first-order valence-corrected chi connectivity index (χ1v) is 8.74. The maximum atomic E-state index is 13.9. The average Bonchev–Trinajstić information content (AvgIpc) is 3.11. The number of amides is 3. The molecule has 148 valence electrons. The Labute approximate surface area is 161 Å². The molecule has 1 aromatic carbocycles. The van der Waals surface area contributed by atoms with Gasteiger partial charge < -0.3 is 25.0 Å². The molecule has 2 N–H and O–H groups in total. The van der Waals surface area contributed by atoms with Crippen LogP contribution in [-0.4, -0.2) is 48.3 Å². The molecule has 1 saturated heterocycles. The van der Waals surface area contributed by atoms with Gasteiger partial charge in [-0.3, -0.25) is 4.98 Å². The van der Waals surface area contributed by atoms with Crippen LogP contribution in [0.15, 0.2) is 36.5 Å². The van der Waals surface area contributed by atoms with E-state index in [2.05, 4.69) is 20.4 Å². The highest BCUT2D eigenvalue weighted by atomic mass is 19.1. The summed E-state index contributed by atoms with van der Waals surface area (Å²) < 4.78 is 24.4. The van der Waals surface area contributed by atoms with Crippen molar-refractivity contribution in [1.29, 1.82) is 0 Å². The quantitative estimate of drug-likeness (QED) is 0.838. The Morgan fingerprint density at radius 3 is 2.71 bits per heavy atom. The molecule has 3 amide bonds. The van der Waals surface area contributed by atoms with Gasteiger partial charge in [0.15, 0.2) is 0 Å². The lowest BCUT2D eigenvalue weighted by atomic mass is 10.2. The van der Waals surface area contributed by atoms with Crippen LogP contribution in [-0.2, 0) is 4.74 Å². The largest absolute Gasteiger partial charge is 0.488 e. The number of benzene rings is 1. The minimum absolute atomic E-state index is 0.246. The second-order valence-corrected chi connectivity index (χ2v) is 6.39. The van der Waals surface area contributed by atoms with Crippen LogP contribution in [0.25, 0.3) is 0 Å². The zero-order valence-electron chi connectivity index (χ0n) is 15.6. The summed E-state index contributed by atoms with van der Waals surface area (Å²) in [6.07, 6.45) is 1.44. The number of carbonyl (C=O) groups is 2. The van der Waals surface area contributed by atoms with Crippen molar-refractivity contribution in [2.45, 2.75) is 19.4 Å². The highest BCUT2D eigenvalue weighted by Crippen LogP contribution is 2.24. The molecule has 1 aliphatic rings. The van der Waals surface area contributed by atoms with E-state index < -0.39 is 17.9 Å². The Bertz CT molecular complexity index is 860. The van der Waals surface area contributed by atoms with Crippen molar-refractivity contribution in [1.82, 2.24) is 9.88 Å². The van der Waals surface area contributed by atoms with Crippen molar-refractivity contribution in [3.63, 3.8) is 0 Å². The second-order valence-electron chi connectivity index (χ2n) is 6.39. The van der Waals surface area contributed by atoms with E-state index in [0.717, 1.165) is 5.69 Å². The zero-order valence-corrected chi connectivity index (χ0v) is 15.6. The van der Waals surface area contributed by atoms with Crippen LogP contribution in [0.1, 0.15) is 12.1 Å². The van der Waals surface area contributed by atoms with Gasteiger partial charge >= 0.3 is 12.1 Å². The van der Waals surface area contributed by atoms with Gasteiger partial charge in [-0.1, -0.05) is 0 Å². The maximum Gasteiger partial charge on any atom is 0.409 e. The Morgan fingerprint density at radius 1 is 1.21 bits per heavy atom. The van der Waals surface area contributed by atoms with Gasteiger partial charge in [-0.25, -0.2) is 14.0 Å². The van der Waals surface area contributed by atoms with Crippen molar-refractivity contribution < 1.29 is 23.5 Å². The van der Waals surface area contributed by atoms with Crippen LogP contribution in [0.2, 0.25) is 0 Å². The number of likely N-dealkylation sites (tertiary alicyclic amines) is 1. The number of hydrogen-bond acceptors (Lipinski definition) is 5. The van der Waals surface area contributed by atoms with Gasteiger partial charge in [-0.2, -0.15) is 0 Å². The molecular weight excluding hydrogens is 367 g/mol. The van der Waals surface area contributed by atoms with Gasteiger partial charge in [0.1, 0.15) is 17.7 Å². The summed E-state index contributed by atoms with van der Waals surface area (Å²) in [5, 5.41) is 5.19. The Morgan fingerprint density at radius 2 is 2.00 bits per heavy atom. The number of pyridine rings is 1. The maximum absolute atomic E-state index is 13.9. The summed E-state index contributed by atoms with van der Waals surface area (Å²) in [6.45, 7) is 2.70. The van der Waals surface area contributed by atoms with Gasteiger partial charge in [0.25, 0.3) is 0 Å². The zero-order chi connectivity index (χ0) is 20.1. The predicted molar refractivity (Wildman–Crippen MR) is 101 cm³/mol. The van der Waals surface area contributed by atoms with Crippen LogP contribution < -0.4 is 15.4 Å². The fourth-order valence-corrected chi connectivity index (χ4v) is 2.85. The second kappa shape index (κ2) is 8.55. The van der Waals surface area contributed by atoms with E-state index in [9.17, 15) is 14.0 Å². The lowest BCUT2D eigenvalue weighted by Crippen LogP contribution is -2.30. The Kier molecular flexibility index (Phi) is 5.93. The van der Waals surface area contributed by atoms with Crippen LogP contribution in [0.5, 0.6) is 5.75 Å². The summed E-state index contributed by atoms with van der Waals surface area (Å²) in [6, 6.07) is 6.90. The van der Waals surface area contributed by atoms with Crippen molar-refractivity contribution >= 4 is 23.5 Å². The summed E-state index contributed by atoms with van der Waals surface area (Å²) in [7, 11) is 1.32. The SMILES string of the molecule is COC(=O)N1CCC(Oc2cc(F)cc(NC(=O)Nc3ccc(C)nc3)c2)C1. The van der Waals surface area contributed by atoms with Crippen molar-refractivity contribution in [3.8, 4) is 5.75 Å². The number of aromatic nitrogens is 1. The molecule has 0 spiro atoms. The van der Waals surface area contributed by atoms with E-state index in [4.69, 9.17) is 4.74 Å². The highest BCUT2D eigenvalue weighted by Gasteiger charge is 2.28. The number of nitrogens with one attached hydrogen (secondary N) is 2. The number of carbonyl (C=O) groups excluding carboxylic acids is 2. The number of nitrogens with zero attached hydrogens (tertiary/aromatic N) is 2. The first kappa shape index (κ1) is 19.4. The van der Waals surface area contributed by atoms with Gasteiger partial charge in [-0.15, -0.1) is 0 Å². The van der Waals surface area contributed by atoms with Crippen molar-refractivity contribution in [2.24, 2.45) is 0 Å².